The number of nitrogens with one attached hydrogen (secondary N) is 1. The molecule has 2 aliphatic heterocycles. The molecule has 0 spiro atoms. The molecule has 0 amide bonds. The average Bonchev–Trinajstić information content (AvgIpc) is 2.82. The van der Waals surface area contributed by atoms with Gasteiger partial charge in [0, 0.05) is 24.9 Å². The third-order valence-electron chi connectivity index (χ3n) is 4.39. The van der Waals surface area contributed by atoms with E-state index in [2.05, 4.69) is 14.9 Å². The molecule has 0 aromatic carbocycles. The number of aliphatic carboxylic acids is 1. The van der Waals surface area contributed by atoms with Crippen molar-refractivity contribution in [2.75, 3.05) is 13.1 Å². The molecule has 2 unspecified atom stereocenters. The summed E-state index contributed by atoms with van der Waals surface area (Å²) in [5, 5.41) is 12.6. The molecule has 0 bridgehead atoms. The van der Waals surface area contributed by atoms with Crippen molar-refractivity contribution < 1.29 is 9.90 Å². The molecule has 1 aromatic heterocycles. The Kier molecular flexibility index (Phi) is 3.55. The molecule has 0 aliphatic carbocycles. The standard InChI is InChI=1S/C14H21N3O2/c18-14(19)11-3-4-12-8-16-13(17(12)9-11)6-10-2-1-5-15-7-10/h8,10-11,15H,1-7,9H2,(H,18,19). The van der Waals surface area contributed by atoms with Crippen LogP contribution >= 0.6 is 0 Å². The van der Waals surface area contributed by atoms with Crippen LogP contribution in [-0.2, 0) is 24.2 Å². The minimum absolute atomic E-state index is 0.245. The SMILES string of the molecule is O=C(O)C1CCc2cnc(CC3CCCNC3)n2C1. The molecule has 0 radical (unpaired) electrons. The van der Waals surface area contributed by atoms with E-state index >= 15 is 0 Å². The quantitative estimate of drug-likeness (QED) is 0.856. The van der Waals surface area contributed by atoms with Gasteiger partial charge in [0.2, 0.25) is 0 Å². The van der Waals surface area contributed by atoms with Gasteiger partial charge in [0.25, 0.3) is 0 Å². The molecule has 2 atom stereocenters. The van der Waals surface area contributed by atoms with Crippen LogP contribution in [0.25, 0.3) is 0 Å². The van der Waals surface area contributed by atoms with E-state index in [9.17, 15) is 4.79 Å². The number of carboxylic acid groups (broad SMARTS) is 1. The van der Waals surface area contributed by atoms with E-state index in [0.29, 0.717) is 12.5 Å². The molecule has 1 saturated heterocycles. The minimum atomic E-state index is -0.676. The first-order chi connectivity index (χ1) is 9.24. The summed E-state index contributed by atoms with van der Waals surface area (Å²) in [5.74, 6) is 0.801. The largest absolute Gasteiger partial charge is 0.481 e. The zero-order valence-electron chi connectivity index (χ0n) is 11.1. The highest BCUT2D eigenvalue weighted by molar-refractivity contribution is 5.70. The fourth-order valence-electron chi connectivity index (χ4n) is 3.23. The van der Waals surface area contributed by atoms with E-state index in [-0.39, 0.29) is 5.92 Å². The molecular formula is C14H21N3O2. The third-order valence-corrected chi connectivity index (χ3v) is 4.39. The number of hydrogen-bond donors (Lipinski definition) is 2. The van der Waals surface area contributed by atoms with E-state index in [1.165, 1.54) is 18.5 Å². The van der Waals surface area contributed by atoms with Gasteiger partial charge in [-0.05, 0) is 44.7 Å². The average molecular weight is 263 g/mol. The molecule has 3 heterocycles. The predicted molar refractivity (Wildman–Crippen MR) is 71.0 cm³/mol. The van der Waals surface area contributed by atoms with Crippen molar-refractivity contribution in [2.24, 2.45) is 11.8 Å². The van der Waals surface area contributed by atoms with Crippen molar-refractivity contribution in [3.05, 3.63) is 17.7 Å². The van der Waals surface area contributed by atoms with Crippen molar-refractivity contribution in [3.63, 3.8) is 0 Å². The maximum Gasteiger partial charge on any atom is 0.308 e. The fraction of sp³-hybridized carbons (Fsp3) is 0.714. The maximum absolute atomic E-state index is 11.1. The van der Waals surface area contributed by atoms with Crippen LogP contribution in [0.5, 0.6) is 0 Å². The summed E-state index contributed by atoms with van der Waals surface area (Å²) < 4.78 is 2.15. The molecule has 0 saturated carbocycles. The second-order valence-corrected chi connectivity index (χ2v) is 5.77. The van der Waals surface area contributed by atoms with E-state index in [4.69, 9.17) is 5.11 Å². The van der Waals surface area contributed by atoms with Crippen LogP contribution in [0.2, 0.25) is 0 Å². The Bertz CT molecular complexity index is 463. The summed E-state index contributed by atoms with van der Waals surface area (Å²) >= 11 is 0. The molecule has 19 heavy (non-hydrogen) atoms. The highest BCUT2D eigenvalue weighted by Crippen LogP contribution is 2.24. The molecule has 1 aromatic rings. The van der Waals surface area contributed by atoms with Crippen molar-refractivity contribution in [3.8, 4) is 0 Å². The van der Waals surface area contributed by atoms with Gasteiger partial charge >= 0.3 is 5.97 Å². The van der Waals surface area contributed by atoms with Crippen LogP contribution in [0.3, 0.4) is 0 Å². The Balaban J connectivity index is 1.73. The molecule has 3 rings (SSSR count). The first-order valence-corrected chi connectivity index (χ1v) is 7.21. The highest BCUT2D eigenvalue weighted by atomic mass is 16.4. The van der Waals surface area contributed by atoms with Crippen LogP contribution in [0.1, 0.15) is 30.8 Å². The van der Waals surface area contributed by atoms with Crippen LogP contribution in [-0.4, -0.2) is 33.7 Å². The summed E-state index contributed by atoms with van der Waals surface area (Å²) in [4.78, 5) is 15.7. The molecule has 104 valence electrons. The molecule has 5 nitrogen and oxygen atoms in total. The lowest BCUT2D eigenvalue weighted by molar-refractivity contribution is -0.142. The maximum atomic E-state index is 11.1. The van der Waals surface area contributed by atoms with Crippen molar-refractivity contribution in [1.29, 1.82) is 0 Å². The predicted octanol–water partition coefficient (Wildman–Crippen LogP) is 1.07. The zero-order chi connectivity index (χ0) is 13.2. The van der Waals surface area contributed by atoms with E-state index in [1.807, 2.05) is 6.20 Å². The van der Waals surface area contributed by atoms with E-state index in [1.54, 1.807) is 0 Å². The number of piperidine rings is 1. The normalized spacial score (nSPS) is 26.9. The number of aryl methyl sites for hydroxylation is 1. The number of nitrogens with zero attached hydrogens (tertiary/aromatic N) is 2. The lowest BCUT2D eigenvalue weighted by atomic mass is 9.95. The van der Waals surface area contributed by atoms with Crippen LogP contribution < -0.4 is 5.32 Å². The molecule has 5 heteroatoms. The Morgan fingerprint density at radius 2 is 2.42 bits per heavy atom. The highest BCUT2D eigenvalue weighted by Gasteiger charge is 2.27. The lowest BCUT2D eigenvalue weighted by Gasteiger charge is -2.25. The monoisotopic (exact) mass is 263 g/mol. The van der Waals surface area contributed by atoms with Gasteiger partial charge in [-0.2, -0.15) is 0 Å². The second-order valence-electron chi connectivity index (χ2n) is 5.77. The number of imidazole rings is 1. The Morgan fingerprint density at radius 1 is 1.53 bits per heavy atom. The van der Waals surface area contributed by atoms with Crippen LogP contribution in [0.4, 0.5) is 0 Å². The van der Waals surface area contributed by atoms with E-state index < -0.39 is 5.97 Å². The number of carboxylic acids is 1. The van der Waals surface area contributed by atoms with Gasteiger partial charge in [0.1, 0.15) is 5.82 Å². The second kappa shape index (κ2) is 5.33. The van der Waals surface area contributed by atoms with Crippen molar-refractivity contribution in [2.45, 2.75) is 38.6 Å². The Morgan fingerprint density at radius 3 is 3.16 bits per heavy atom. The fourth-order valence-corrected chi connectivity index (χ4v) is 3.23. The van der Waals surface area contributed by atoms with E-state index in [0.717, 1.165) is 38.2 Å². The Hall–Kier alpha value is -1.36. The lowest BCUT2D eigenvalue weighted by Crippen LogP contribution is -2.32. The zero-order valence-corrected chi connectivity index (χ0v) is 11.1. The van der Waals surface area contributed by atoms with Gasteiger partial charge in [-0.15, -0.1) is 0 Å². The molecule has 1 fully saturated rings. The van der Waals surface area contributed by atoms with Gasteiger partial charge in [-0.1, -0.05) is 0 Å². The van der Waals surface area contributed by atoms with Gasteiger partial charge in [0.05, 0.1) is 5.92 Å². The number of aromatic nitrogens is 2. The number of carbonyl (C=O) groups is 1. The Labute approximate surface area is 113 Å². The van der Waals surface area contributed by atoms with Crippen LogP contribution in [0.15, 0.2) is 6.20 Å². The third kappa shape index (κ3) is 2.66. The summed E-state index contributed by atoms with van der Waals surface area (Å²) in [6.07, 6.45) is 6.97. The first kappa shape index (κ1) is 12.7. The minimum Gasteiger partial charge on any atom is -0.481 e. The van der Waals surface area contributed by atoms with Crippen molar-refractivity contribution in [1.82, 2.24) is 14.9 Å². The summed E-state index contributed by atoms with van der Waals surface area (Å²) in [7, 11) is 0. The van der Waals surface area contributed by atoms with Crippen LogP contribution in [0, 0.1) is 11.8 Å². The van der Waals surface area contributed by atoms with Crippen molar-refractivity contribution >= 4 is 5.97 Å². The summed E-state index contributed by atoms with van der Waals surface area (Å²) in [6, 6.07) is 0. The summed E-state index contributed by atoms with van der Waals surface area (Å²) in [6.45, 7) is 2.78. The number of hydrogen-bond acceptors (Lipinski definition) is 3. The molecule has 2 aliphatic rings. The number of rotatable bonds is 3. The molecule has 2 N–H and O–H groups in total. The van der Waals surface area contributed by atoms with Gasteiger partial charge in [-0.3, -0.25) is 4.79 Å². The number of fused-ring (bicyclic) bond motifs is 1. The van der Waals surface area contributed by atoms with Gasteiger partial charge in [0.15, 0.2) is 0 Å². The smallest absolute Gasteiger partial charge is 0.308 e. The summed E-state index contributed by atoms with van der Waals surface area (Å²) in [5.41, 5.74) is 1.20. The molecular weight excluding hydrogens is 242 g/mol. The van der Waals surface area contributed by atoms with Gasteiger partial charge < -0.3 is 15.0 Å². The first-order valence-electron chi connectivity index (χ1n) is 7.21. The van der Waals surface area contributed by atoms with Gasteiger partial charge in [-0.25, -0.2) is 4.98 Å². The topological polar surface area (TPSA) is 67.2 Å².